The van der Waals surface area contributed by atoms with Crippen molar-refractivity contribution in [3.8, 4) is 0 Å². The first-order chi connectivity index (χ1) is 7.06. The van der Waals surface area contributed by atoms with Crippen molar-refractivity contribution < 1.29 is 0 Å². The van der Waals surface area contributed by atoms with E-state index in [9.17, 15) is 0 Å². The Labute approximate surface area is 107 Å². The van der Waals surface area contributed by atoms with Gasteiger partial charge in [-0.3, -0.25) is 4.90 Å². The molecule has 3 nitrogen and oxygen atoms in total. The molecule has 92 valence electrons. The second kappa shape index (κ2) is 5.45. The van der Waals surface area contributed by atoms with Crippen LogP contribution in [0.1, 0.15) is 22.5 Å². The Hall–Kier alpha value is -0.160. The van der Waals surface area contributed by atoms with Crippen molar-refractivity contribution in [2.75, 3.05) is 13.1 Å². The molecule has 1 aliphatic heterocycles. The van der Waals surface area contributed by atoms with Gasteiger partial charge >= 0.3 is 0 Å². The average Bonchev–Trinajstić information content (AvgIpc) is 2.59. The summed E-state index contributed by atoms with van der Waals surface area (Å²) in [6.45, 7) is 9.57. The van der Waals surface area contributed by atoms with E-state index >= 15 is 0 Å². The summed E-state index contributed by atoms with van der Waals surface area (Å²) in [6.07, 6.45) is 0. The maximum atomic E-state index is 6.01. The van der Waals surface area contributed by atoms with E-state index in [0.29, 0.717) is 12.0 Å². The summed E-state index contributed by atoms with van der Waals surface area (Å²) >= 11 is 1.81. The fourth-order valence-corrected chi connectivity index (χ4v) is 3.13. The summed E-state index contributed by atoms with van der Waals surface area (Å²) in [5, 5.41) is 1.17. The number of rotatable bonds is 2. The van der Waals surface area contributed by atoms with Crippen LogP contribution in [0, 0.1) is 19.8 Å². The molecule has 2 unspecified atom stereocenters. The summed E-state index contributed by atoms with van der Waals surface area (Å²) in [5.41, 5.74) is 7.20. The van der Waals surface area contributed by atoms with Gasteiger partial charge in [0.05, 0.1) is 10.7 Å². The summed E-state index contributed by atoms with van der Waals surface area (Å²) in [4.78, 5) is 8.29. The molecule has 0 saturated carbocycles. The van der Waals surface area contributed by atoms with E-state index in [1.54, 1.807) is 0 Å². The molecule has 1 saturated heterocycles. The molecule has 5 heteroatoms. The summed E-state index contributed by atoms with van der Waals surface area (Å²) < 4.78 is 0. The van der Waals surface area contributed by atoms with Gasteiger partial charge in [0, 0.05) is 30.6 Å². The monoisotopic (exact) mass is 261 g/mol. The maximum absolute atomic E-state index is 6.01. The molecule has 0 spiro atoms. The Morgan fingerprint density at radius 1 is 1.44 bits per heavy atom. The van der Waals surface area contributed by atoms with Gasteiger partial charge < -0.3 is 5.73 Å². The molecule has 16 heavy (non-hydrogen) atoms. The smallest absolute Gasteiger partial charge is 0.0900 e. The van der Waals surface area contributed by atoms with E-state index in [1.807, 2.05) is 11.3 Å². The van der Waals surface area contributed by atoms with Gasteiger partial charge in [-0.1, -0.05) is 6.92 Å². The molecule has 0 bridgehead atoms. The number of nitrogens with zero attached hydrogens (tertiary/aromatic N) is 2. The second-order valence-corrected chi connectivity index (χ2v) is 5.86. The van der Waals surface area contributed by atoms with Crippen LogP contribution in [-0.4, -0.2) is 29.0 Å². The van der Waals surface area contributed by atoms with Gasteiger partial charge in [0.25, 0.3) is 0 Å². The lowest BCUT2D eigenvalue weighted by atomic mass is 10.1. The van der Waals surface area contributed by atoms with Crippen molar-refractivity contribution in [3.63, 3.8) is 0 Å². The molecule has 1 aliphatic rings. The number of hydrogen-bond donors (Lipinski definition) is 1. The van der Waals surface area contributed by atoms with Crippen molar-refractivity contribution >= 4 is 23.7 Å². The van der Waals surface area contributed by atoms with Crippen LogP contribution in [0.25, 0.3) is 0 Å². The molecule has 0 amide bonds. The normalized spacial score (nSPS) is 25.8. The van der Waals surface area contributed by atoms with Gasteiger partial charge in [-0.25, -0.2) is 4.98 Å². The number of hydrogen-bond acceptors (Lipinski definition) is 4. The second-order valence-electron chi connectivity index (χ2n) is 4.58. The van der Waals surface area contributed by atoms with Gasteiger partial charge in [-0.05, 0) is 19.8 Å². The number of likely N-dealkylation sites (tertiary alicyclic amines) is 1. The molecule has 2 heterocycles. The lowest BCUT2D eigenvalue weighted by Crippen LogP contribution is -2.28. The van der Waals surface area contributed by atoms with E-state index in [4.69, 9.17) is 5.73 Å². The number of aromatic nitrogens is 1. The average molecular weight is 262 g/mol. The zero-order chi connectivity index (χ0) is 11.0. The Bertz CT molecular complexity index is 343. The number of thiazole rings is 1. The van der Waals surface area contributed by atoms with Crippen molar-refractivity contribution in [3.05, 3.63) is 15.6 Å². The predicted octanol–water partition coefficient (Wildman–Crippen LogP) is 1.96. The zero-order valence-corrected chi connectivity index (χ0v) is 11.7. The third-order valence-corrected chi connectivity index (χ3v) is 4.17. The van der Waals surface area contributed by atoms with Crippen LogP contribution in [0.5, 0.6) is 0 Å². The highest BCUT2D eigenvalue weighted by Crippen LogP contribution is 2.22. The Balaban J connectivity index is 0.00000128. The summed E-state index contributed by atoms with van der Waals surface area (Å²) in [7, 11) is 0. The first-order valence-electron chi connectivity index (χ1n) is 5.47. The van der Waals surface area contributed by atoms with Gasteiger partial charge in [0.2, 0.25) is 0 Å². The van der Waals surface area contributed by atoms with Gasteiger partial charge in [0.15, 0.2) is 0 Å². The maximum Gasteiger partial charge on any atom is 0.0900 e. The van der Waals surface area contributed by atoms with Crippen LogP contribution in [0.4, 0.5) is 0 Å². The molecule has 2 N–H and O–H groups in total. The molecule has 0 aromatic carbocycles. The lowest BCUT2D eigenvalue weighted by Gasteiger charge is -2.13. The molecule has 1 fully saturated rings. The molecule has 2 rings (SSSR count). The lowest BCUT2D eigenvalue weighted by molar-refractivity contribution is 0.321. The minimum atomic E-state index is 0. The van der Waals surface area contributed by atoms with Gasteiger partial charge in [-0.15, -0.1) is 23.7 Å². The van der Waals surface area contributed by atoms with Crippen LogP contribution >= 0.6 is 23.7 Å². The number of halogens is 1. The fourth-order valence-electron chi connectivity index (χ4n) is 2.15. The topological polar surface area (TPSA) is 42.2 Å². The Morgan fingerprint density at radius 2 is 2.12 bits per heavy atom. The number of nitrogens with two attached hydrogens (primary N) is 1. The third-order valence-electron chi connectivity index (χ3n) is 3.11. The van der Waals surface area contributed by atoms with Crippen molar-refractivity contribution in [1.29, 1.82) is 0 Å². The quantitative estimate of drug-likeness (QED) is 0.885. The molecule has 0 radical (unpaired) electrons. The van der Waals surface area contributed by atoms with Gasteiger partial charge in [0.1, 0.15) is 0 Å². The van der Waals surface area contributed by atoms with E-state index in [2.05, 4.69) is 30.7 Å². The highest BCUT2D eigenvalue weighted by Gasteiger charge is 2.26. The van der Waals surface area contributed by atoms with Gasteiger partial charge in [-0.2, -0.15) is 0 Å². The molecule has 1 aromatic rings. The van der Waals surface area contributed by atoms with Crippen molar-refractivity contribution in [2.24, 2.45) is 11.7 Å². The fraction of sp³-hybridized carbons (Fsp3) is 0.727. The van der Waals surface area contributed by atoms with Crippen LogP contribution in [-0.2, 0) is 6.54 Å². The third kappa shape index (κ3) is 2.94. The highest BCUT2D eigenvalue weighted by molar-refractivity contribution is 7.11. The van der Waals surface area contributed by atoms with Crippen LogP contribution in [0.3, 0.4) is 0 Å². The minimum absolute atomic E-state index is 0. The molecular formula is C11H20ClN3S. The SMILES string of the molecule is Cc1nc(C)c(CN2CC(C)C(N)C2)s1.Cl. The summed E-state index contributed by atoms with van der Waals surface area (Å²) in [6, 6.07) is 0.347. The summed E-state index contributed by atoms with van der Waals surface area (Å²) in [5.74, 6) is 0.624. The molecule has 2 atom stereocenters. The first-order valence-corrected chi connectivity index (χ1v) is 6.28. The van der Waals surface area contributed by atoms with Crippen molar-refractivity contribution in [2.45, 2.75) is 33.4 Å². The standard InChI is InChI=1S/C11H19N3S.ClH/c1-7-4-14(5-10(7)12)6-11-8(2)13-9(3)15-11;/h7,10H,4-6,12H2,1-3H3;1H. The largest absolute Gasteiger partial charge is 0.326 e. The Kier molecular flexibility index (Phi) is 4.73. The molecular weight excluding hydrogens is 242 g/mol. The van der Waals surface area contributed by atoms with E-state index in [-0.39, 0.29) is 12.4 Å². The minimum Gasteiger partial charge on any atom is -0.326 e. The molecule has 0 aliphatic carbocycles. The first kappa shape index (κ1) is 13.9. The van der Waals surface area contributed by atoms with E-state index in [1.165, 1.54) is 15.6 Å². The van der Waals surface area contributed by atoms with E-state index < -0.39 is 0 Å². The van der Waals surface area contributed by atoms with Crippen LogP contribution in [0.2, 0.25) is 0 Å². The zero-order valence-electron chi connectivity index (χ0n) is 10.1. The van der Waals surface area contributed by atoms with Crippen molar-refractivity contribution in [1.82, 2.24) is 9.88 Å². The number of aryl methyl sites for hydroxylation is 2. The Morgan fingerprint density at radius 3 is 2.56 bits per heavy atom. The molecule has 1 aromatic heterocycles. The van der Waals surface area contributed by atoms with Crippen LogP contribution in [0.15, 0.2) is 0 Å². The highest BCUT2D eigenvalue weighted by atomic mass is 35.5. The van der Waals surface area contributed by atoms with Crippen LogP contribution < -0.4 is 5.73 Å². The van der Waals surface area contributed by atoms with E-state index in [0.717, 1.165) is 19.6 Å². The predicted molar refractivity (Wildman–Crippen MR) is 71.3 cm³/mol.